The fourth-order valence-corrected chi connectivity index (χ4v) is 3.30. The van der Waals surface area contributed by atoms with Crippen molar-refractivity contribution in [3.05, 3.63) is 0 Å². The smallest absolute Gasteiger partial charge is 0.246 e. The molecule has 1 N–H and O–H groups in total. The summed E-state index contributed by atoms with van der Waals surface area (Å²) in [5, 5.41) is 2.08. The second kappa shape index (κ2) is 4.63. The Morgan fingerprint density at radius 2 is 2.25 bits per heavy atom. The third kappa shape index (κ3) is 2.17. The Morgan fingerprint density at radius 1 is 1.50 bits per heavy atom. The Labute approximate surface area is 102 Å². The summed E-state index contributed by atoms with van der Waals surface area (Å²) in [7, 11) is 0. The van der Waals surface area contributed by atoms with Crippen LogP contribution in [0.1, 0.15) is 12.8 Å². The molecule has 2 aliphatic rings. The Hall–Kier alpha value is -0.750. The SMILES string of the molecule is O=C1CC[C@@H](C(=O)N2CSCC2C(=O)Cl)N1. The standard InChI is InChI=1S/C9H11ClN2O3S/c10-8(14)6-3-16-4-12(6)9(15)5-1-2-7(13)11-5/h5-6H,1-4H2,(H,11,13)/t5-,6?/m0/s1. The molecule has 2 rings (SSSR count). The predicted molar refractivity (Wildman–Crippen MR) is 60.0 cm³/mol. The summed E-state index contributed by atoms with van der Waals surface area (Å²) in [6.07, 6.45) is 0.874. The summed E-state index contributed by atoms with van der Waals surface area (Å²) in [4.78, 5) is 35.6. The summed E-state index contributed by atoms with van der Waals surface area (Å²) >= 11 is 6.92. The molecule has 0 radical (unpaired) electrons. The average molecular weight is 263 g/mol. The normalized spacial score (nSPS) is 29.3. The lowest BCUT2D eigenvalue weighted by Gasteiger charge is -2.23. The zero-order valence-electron chi connectivity index (χ0n) is 8.44. The van der Waals surface area contributed by atoms with Gasteiger partial charge in [-0.25, -0.2) is 0 Å². The van der Waals surface area contributed by atoms with Crippen molar-refractivity contribution in [3.8, 4) is 0 Å². The molecule has 2 heterocycles. The summed E-state index contributed by atoms with van der Waals surface area (Å²) in [5.41, 5.74) is 0. The van der Waals surface area contributed by atoms with E-state index in [2.05, 4.69) is 5.32 Å². The molecule has 0 bridgehead atoms. The van der Waals surface area contributed by atoms with Gasteiger partial charge in [0.05, 0.1) is 5.88 Å². The van der Waals surface area contributed by atoms with Crippen molar-refractivity contribution in [3.63, 3.8) is 0 Å². The van der Waals surface area contributed by atoms with Gasteiger partial charge >= 0.3 is 0 Å². The minimum Gasteiger partial charge on any atom is -0.344 e. The van der Waals surface area contributed by atoms with E-state index in [0.717, 1.165) is 0 Å². The zero-order valence-corrected chi connectivity index (χ0v) is 10.0. The van der Waals surface area contributed by atoms with Gasteiger partial charge in [-0.05, 0) is 18.0 Å². The first kappa shape index (κ1) is 11.7. The number of nitrogens with one attached hydrogen (secondary N) is 1. The van der Waals surface area contributed by atoms with Crippen LogP contribution in [0, 0.1) is 0 Å². The molecular formula is C9H11ClN2O3S. The fraction of sp³-hybridized carbons (Fsp3) is 0.667. The van der Waals surface area contributed by atoms with Gasteiger partial charge in [0.15, 0.2) is 0 Å². The molecule has 1 unspecified atom stereocenters. The molecule has 88 valence electrons. The Balaban J connectivity index is 2.03. The largest absolute Gasteiger partial charge is 0.344 e. The first-order chi connectivity index (χ1) is 7.59. The van der Waals surface area contributed by atoms with Crippen molar-refractivity contribution in [1.82, 2.24) is 10.2 Å². The minimum absolute atomic E-state index is 0.112. The van der Waals surface area contributed by atoms with Gasteiger partial charge in [-0.3, -0.25) is 14.4 Å². The molecule has 2 amide bonds. The first-order valence-corrected chi connectivity index (χ1v) is 6.50. The number of thioether (sulfide) groups is 1. The lowest BCUT2D eigenvalue weighted by Crippen LogP contribution is -2.48. The molecule has 7 heteroatoms. The lowest BCUT2D eigenvalue weighted by molar-refractivity contribution is -0.137. The van der Waals surface area contributed by atoms with Crippen LogP contribution < -0.4 is 5.32 Å². The van der Waals surface area contributed by atoms with Gasteiger partial charge in [-0.1, -0.05) is 0 Å². The van der Waals surface area contributed by atoms with Crippen molar-refractivity contribution in [2.75, 3.05) is 11.6 Å². The van der Waals surface area contributed by atoms with Gasteiger partial charge in [-0.15, -0.1) is 11.8 Å². The zero-order chi connectivity index (χ0) is 11.7. The quantitative estimate of drug-likeness (QED) is 0.708. The fourth-order valence-electron chi connectivity index (χ4n) is 1.85. The first-order valence-electron chi connectivity index (χ1n) is 4.96. The number of nitrogens with zero attached hydrogens (tertiary/aromatic N) is 1. The lowest BCUT2D eigenvalue weighted by atomic mass is 10.2. The van der Waals surface area contributed by atoms with Crippen molar-refractivity contribution < 1.29 is 14.4 Å². The topological polar surface area (TPSA) is 66.5 Å². The summed E-state index contributed by atoms with van der Waals surface area (Å²) < 4.78 is 0. The van der Waals surface area contributed by atoms with Crippen LogP contribution in [-0.4, -0.2) is 45.7 Å². The van der Waals surface area contributed by atoms with E-state index >= 15 is 0 Å². The Kier molecular flexibility index (Phi) is 3.39. The molecule has 2 atom stereocenters. The molecule has 0 aromatic rings. The third-order valence-corrected chi connectivity index (χ3v) is 3.98. The Bertz CT molecular complexity index is 350. The maximum absolute atomic E-state index is 12.0. The van der Waals surface area contributed by atoms with Gasteiger partial charge in [0.2, 0.25) is 17.1 Å². The van der Waals surface area contributed by atoms with Crippen molar-refractivity contribution in [1.29, 1.82) is 0 Å². The van der Waals surface area contributed by atoms with Gasteiger partial charge in [0.25, 0.3) is 0 Å². The molecule has 0 spiro atoms. The van der Waals surface area contributed by atoms with Crippen LogP contribution in [0.5, 0.6) is 0 Å². The van der Waals surface area contributed by atoms with E-state index < -0.39 is 17.3 Å². The number of carbonyl (C=O) groups is 3. The number of hydrogen-bond donors (Lipinski definition) is 1. The van der Waals surface area contributed by atoms with Crippen LogP contribution in [0.2, 0.25) is 0 Å². The molecule has 16 heavy (non-hydrogen) atoms. The molecule has 0 aromatic heterocycles. The van der Waals surface area contributed by atoms with E-state index in [1.165, 1.54) is 16.7 Å². The minimum atomic E-state index is -0.545. The predicted octanol–water partition coefficient (Wildman–Crippen LogP) is -0.0681. The van der Waals surface area contributed by atoms with E-state index in [1.807, 2.05) is 0 Å². The number of halogens is 1. The highest BCUT2D eigenvalue weighted by Crippen LogP contribution is 2.24. The third-order valence-electron chi connectivity index (χ3n) is 2.72. The van der Waals surface area contributed by atoms with Crippen molar-refractivity contribution in [2.45, 2.75) is 24.9 Å². The van der Waals surface area contributed by atoms with E-state index in [0.29, 0.717) is 24.5 Å². The van der Waals surface area contributed by atoms with E-state index in [1.54, 1.807) is 0 Å². The Morgan fingerprint density at radius 3 is 2.81 bits per heavy atom. The number of amides is 2. The van der Waals surface area contributed by atoms with Crippen LogP contribution >= 0.6 is 23.4 Å². The number of hydrogen-bond acceptors (Lipinski definition) is 4. The van der Waals surface area contributed by atoms with Crippen molar-refractivity contribution in [2.24, 2.45) is 0 Å². The van der Waals surface area contributed by atoms with Crippen LogP contribution in [0.15, 0.2) is 0 Å². The van der Waals surface area contributed by atoms with Crippen LogP contribution in [0.25, 0.3) is 0 Å². The highest BCUT2D eigenvalue weighted by molar-refractivity contribution is 7.99. The molecular weight excluding hydrogens is 252 g/mol. The number of rotatable bonds is 2. The van der Waals surface area contributed by atoms with Crippen LogP contribution in [0.4, 0.5) is 0 Å². The molecule has 2 aliphatic heterocycles. The van der Waals surface area contributed by atoms with Crippen molar-refractivity contribution >= 4 is 40.4 Å². The van der Waals surface area contributed by atoms with E-state index in [-0.39, 0.29) is 11.8 Å². The van der Waals surface area contributed by atoms with Gasteiger partial charge in [0, 0.05) is 12.2 Å². The molecule has 5 nitrogen and oxygen atoms in total. The molecule has 2 saturated heterocycles. The highest BCUT2D eigenvalue weighted by Gasteiger charge is 2.38. The summed E-state index contributed by atoms with van der Waals surface area (Å²) in [5.74, 6) is 0.692. The van der Waals surface area contributed by atoms with Gasteiger partial charge < -0.3 is 10.2 Å². The van der Waals surface area contributed by atoms with Gasteiger partial charge in [0.1, 0.15) is 12.1 Å². The second-order valence-electron chi connectivity index (χ2n) is 3.79. The summed E-state index contributed by atoms with van der Waals surface area (Å²) in [6, 6.07) is -1.03. The maximum atomic E-state index is 12.0. The van der Waals surface area contributed by atoms with E-state index in [4.69, 9.17) is 11.6 Å². The average Bonchev–Trinajstić information content (AvgIpc) is 2.84. The number of carbonyl (C=O) groups excluding carboxylic acids is 3. The van der Waals surface area contributed by atoms with Gasteiger partial charge in [-0.2, -0.15) is 0 Å². The second-order valence-corrected chi connectivity index (χ2v) is 5.16. The molecule has 0 aromatic carbocycles. The maximum Gasteiger partial charge on any atom is 0.246 e. The molecule has 2 fully saturated rings. The summed E-state index contributed by atoms with van der Waals surface area (Å²) in [6.45, 7) is 0. The monoisotopic (exact) mass is 262 g/mol. The molecule has 0 saturated carbocycles. The van der Waals surface area contributed by atoms with Crippen LogP contribution in [-0.2, 0) is 14.4 Å². The molecule has 0 aliphatic carbocycles. The highest BCUT2D eigenvalue weighted by atomic mass is 35.5. The van der Waals surface area contributed by atoms with E-state index in [9.17, 15) is 14.4 Å². The van der Waals surface area contributed by atoms with Crippen LogP contribution in [0.3, 0.4) is 0 Å².